The Balaban J connectivity index is 2.11. The zero-order chi connectivity index (χ0) is 19.3. The highest BCUT2D eigenvalue weighted by molar-refractivity contribution is 5.98. The molecule has 2 aromatic carbocycles. The van der Waals surface area contributed by atoms with Crippen molar-refractivity contribution in [2.45, 2.75) is 26.4 Å². The van der Waals surface area contributed by atoms with Gasteiger partial charge < -0.3 is 15.8 Å². The number of non-ortho nitro benzene ring substituents is 1. The number of carbonyl (C=O) groups is 2. The fourth-order valence-electron chi connectivity index (χ4n) is 2.21. The van der Waals surface area contributed by atoms with Crippen LogP contribution in [0.5, 0.6) is 0 Å². The van der Waals surface area contributed by atoms with Gasteiger partial charge in [-0.1, -0.05) is 13.0 Å². The fourth-order valence-corrected chi connectivity index (χ4v) is 2.21. The molecule has 1 amide bonds. The Bertz CT molecular complexity index is 833. The zero-order valence-electron chi connectivity index (χ0n) is 14.4. The predicted octanol–water partition coefficient (Wildman–Crippen LogP) is 3.06. The first kappa shape index (κ1) is 18.9. The second kappa shape index (κ2) is 8.11. The zero-order valence-corrected chi connectivity index (χ0v) is 14.4. The maximum atomic E-state index is 12.4. The number of nitrogens with two attached hydrogens (primary N) is 1. The van der Waals surface area contributed by atoms with Crippen LogP contribution < -0.4 is 11.1 Å². The Kier molecular flexibility index (Phi) is 5.90. The third-order valence-electron chi connectivity index (χ3n) is 3.75. The van der Waals surface area contributed by atoms with Gasteiger partial charge >= 0.3 is 5.97 Å². The van der Waals surface area contributed by atoms with Crippen molar-refractivity contribution >= 4 is 28.9 Å². The van der Waals surface area contributed by atoms with Gasteiger partial charge in [-0.2, -0.15) is 0 Å². The Morgan fingerprint density at radius 2 is 1.88 bits per heavy atom. The monoisotopic (exact) mass is 357 g/mol. The van der Waals surface area contributed by atoms with Crippen LogP contribution in [0.25, 0.3) is 0 Å². The molecule has 0 saturated carbocycles. The smallest absolute Gasteiger partial charge is 0.338 e. The normalized spacial score (nSPS) is 11.5. The third-order valence-corrected chi connectivity index (χ3v) is 3.75. The fraction of sp³-hybridized carbons (Fsp3) is 0.222. The predicted molar refractivity (Wildman–Crippen MR) is 96.8 cm³/mol. The molecule has 2 rings (SSSR count). The molecular weight excluding hydrogens is 338 g/mol. The lowest BCUT2D eigenvalue weighted by Gasteiger charge is -2.17. The molecule has 0 heterocycles. The lowest BCUT2D eigenvalue weighted by molar-refractivity contribution is -0.384. The van der Waals surface area contributed by atoms with E-state index in [-0.39, 0.29) is 17.7 Å². The Morgan fingerprint density at radius 1 is 1.23 bits per heavy atom. The molecule has 0 fully saturated rings. The standard InChI is InChI=1S/C18H19N3O5/c1-3-16(26-18(23)12-5-7-13(19)8-6-12)17(22)20-15-10-14(21(24)25)9-4-11(15)2/h4-10,16H,3,19H2,1-2H3,(H,20,22). The number of benzene rings is 2. The SMILES string of the molecule is CCC(OC(=O)c1ccc(N)cc1)C(=O)Nc1cc([N+](=O)[O-])ccc1C. The van der Waals surface area contributed by atoms with Gasteiger partial charge in [-0.15, -0.1) is 0 Å². The van der Waals surface area contributed by atoms with E-state index in [0.29, 0.717) is 16.9 Å². The number of nitrogen functional groups attached to an aromatic ring is 1. The van der Waals surface area contributed by atoms with E-state index in [1.807, 2.05) is 0 Å². The summed E-state index contributed by atoms with van der Waals surface area (Å²) in [7, 11) is 0. The maximum absolute atomic E-state index is 12.4. The number of esters is 1. The minimum Gasteiger partial charge on any atom is -0.449 e. The van der Waals surface area contributed by atoms with Crippen LogP contribution in [0.15, 0.2) is 42.5 Å². The van der Waals surface area contributed by atoms with Crippen LogP contribution in [0, 0.1) is 17.0 Å². The van der Waals surface area contributed by atoms with E-state index in [1.165, 1.54) is 30.3 Å². The molecule has 0 spiro atoms. The molecular formula is C18H19N3O5. The number of ether oxygens (including phenoxy) is 1. The average Bonchev–Trinajstić information content (AvgIpc) is 2.61. The summed E-state index contributed by atoms with van der Waals surface area (Å²) < 4.78 is 5.25. The molecule has 8 nitrogen and oxygen atoms in total. The quantitative estimate of drug-likeness (QED) is 0.354. The molecule has 0 aliphatic carbocycles. The summed E-state index contributed by atoms with van der Waals surface area (Å²) in [6, 6.07) is 10.3. The third kappa shape index (κ3) is 4.56. The van der Waals surface area contributed by atoms with Crippen LogP contribution in [-0.2, 0) is 9.53 Å². The van der Waals surface area contributed by atoms with Crippen molar-refractivity contribution in [1.82, 2.24) is 0 Å². The molecule has 26 heavy (non-hydrogen) atoms. The minimum atomic E-state index is -1.03. The number of carbonyl (C=O) groups excluding carboxylic acids is 2. The Labute approximate surface area is 150 Å². The second-order valence-electron chi connectivity index (χ2n) is 5.67. The van der Waals surface area contributed by atoms with Gasteiger partial charge in [0, 0.05) is 17.8 Å². The highest BCUT2D eigenvalue weighted by Crippen LogP contribution is 2.22. The van der Waals surface area contributed by atoms with Crippen LogP contribution in [0.1, 0.15) is 29.3 Å². The van der Waals surface area contributed by atoms with Crippen LogP contribution in [0.2, 0.25) is 0 Å². The molecule has 3 N–H and O–H groups in total. The summed E-state index contributed by atoms with van der Waals surface area (Å²) >= 11 is 0. The number of amides is 1. The van der Waals surface area contributed by atoms with Crippen molar-refractivity contribution < 1.29 is 19.2 Å². The summed E-state index contributed by atoms with van der Waals surface area (Å²) in [6.45, 7) is 3.40. The van der Waals surface area contributed by atoms with Gasteiger partial charge in [0.15, 0.2) is 6.10 Å². The molecule has 136 valence electrons. The highest BCUT2D eigenvalue weighted by Gasteiger charge is 2.23. The molecule has 0 saturated heterocycles. The number of nitrogens with zero attached hydrogens (tertiary/aromatic N) is 1. The van der Waals surface area contributed by atoms with Crippen molar-refractivity contribution in [3.8, 4) is 0 Å². The molecule has 2 aromatic rings. The summed E-state index contributed by atoms with van der Waals surface area (Å²) in [5.41, 5.74) is 7.17. The number of nitro benzene ring substituents is 1. The van der Waals surface area contributed by atoms with Crippen LogP contribution >= 0.6 is 0 Å². The van der Waals surface area contributed by atoms with Crippen molar-refractivity contribution in [1.29, 1.82) is 0 Å². The van der Waals surface area contributed by atoms with E-state index in [1.54, 1.807) is 26.0 Å². The number of aryl methyl sites for hydroxylation is 1. The van der Waals surface area contributed by atoms with Gasteiger partial charge in [0.25, 0.3) is 11.6 Å². The number of nitrogens with one attached hydrogen (secondary N) is 1. The van der Waals surface area contributed by atoms with E-state index in [4.69, 9.17) is 10.5 Å². The van der Waals surface area contributed by atoms with Gasteiger partial charge in [0.2, 0.25) is 0 Å². The maximum Gasteiger partial charge on any atom is 0.338 e. The van der Waals surface area contributed by atoms with Gasteiger partial charge in [0.05, 0.1) is 16.2 Å². The van der Waals surface area contributed by atoms with Crippen molar-refractivity contribution in [3.05, 3.63) is 63.7 Å². The number of anilines is 2. The highest BCUT2D eigenvalue weighted by atomic mass is 16.6. The number of hydrogen-bond acceptors (Lipinski definition) is 6. The molecule has 0 aliphatic rings. The molecule has 1 unspecified atom stereocenters. The van der Waals surface area contributed by atoms with Gasteiger partial charge in [-0.25, -0.2) is 4.79 Å². The van der Waals surface area contributed by atoms with Gasteiger partial charge in [-0.3, -0.25) is 14.9 Å². The average molecular weight is 357 g/mol. The van der Waals surface area contributed by atoms with Crippen LogP contribution in [-0.4, -0.2) is 22.9 Å². The summed E-state index contributed by atoms with van der Waals surface area (Å²) in [5, 5.41) is 13.5. The first-order valence-electron chi connectivity index (χ1n) is 7.94. The lowest BCUT2D eigenvalue weighted by Crippen LogP contribution is -2.32. The van der Waals surface area contributed by atoms with Crippen molar-refractivity contribution in [3.63, 3.8) is 0 Å². The van der Waals surface area contributed by atoms with Crippen molar-refractivity contribution in [2.24, 2.45) is 0 Å². The van der Waals surface area contributed by atoms with Gasteiger partial charge in [-0.05, 0) is 43.2 Å². The first-order valence-corrected chi connectivity index (χ1v) is 7.94. The molecule has 8 heteroatoms. The number of rotatable bonds is 6. The largest absolute Gasteiger partial charge is 0.449 e. The molecule has 1 atom stereocenters. The number of hydrogen-bond donors (Lipinski definition) is 2. The van der Waals surface area contributed by atoms with E-state index in [9.17, 15) is 19.7 Å². The molecule has 0 aliphatic heterocycles. The minimum absolute atomic E-state index is 0.141. The van der Waals surface area contributed by atoms with E-state index in [2.05, 4.69) is 5.32 Å². The topological polar surface area (TPSA) is 125 Å². The van der Waals surface area contributed by atoms with Crippen LogP contribution in [0.3, 0.4) is 0 Å². The second-order valence-corrected chi connectivity index (χ2v) is 5.67. The van der Waals surface area contributed by atoms with E-state index < -0.39 is 22.9 Å². The number of nitro groups is 1. The first-order chi connectivity index (χ1) is 12.3. The molecule has 0 aromatic heterocycles. The summed E-state index contributed by atoms with van der Waals surface area (Å²) in [5.74, 6) is -1.21. The molecule has 0 radical (unpaired) electrons. The Hall–Kier alpha value is -3.42. The summed E-state index contributed by atoms with van der Waals surface area (Å²) in [4.78, 5) is 34.9. The van der Waals surface area contributed by atoms with Crippen molar-refractivity contribution in [2.75, 3.05) is 11.1 Å². The van der Waals surface area contributed by atoms with E-state index in [0.717, 1.165) is 0 Å². The Morgan fingerprint density at radius 3 is 2.46 bits per heavy atom. The van der Waals surface area contributed by atoms with E-state index >= 15 is 0 Å². The lowest BCUT2D eigenvalue weighted by atomic mass is 10.1. The molecule has 0 bridgehead atoms. The van der Waals surface area contributed by atoms with Crippen LogP contribution in [0.4, 0.5) is 17.1 Å². The van der Waals surface area contributed by atoms with Gasteiger partial charge in [0.1, 0.15) is 0 Å². The summed E-state index contributed by atoms with van der Waals surface area (Å²) in [6.07, 6.45) is -0.778.